The van der Waals surface area contributed by atoms with E-state index in [0.717, 1.165) is 51.6 Å². The Hall–Kier alpha value is -1.88. The maximum Gasteiger partial charge on any atom is 0.253 e. The molecule has 3 rings (SSSR count). The zero-order valence-corrected chi connectivity index (χ0v) is 15.7. The lowest BCUT2D eigenvalue weighted by Crippen LogP contribution is -2.45. The molecule has 2 fully saturated rings. The van der Waals surface area contributed by atoms with Gasteiger partial charge in [0, 0.05) is 36.3 Å². The Labute approximate surface area is 156 Å². The molecule has 5 nitrogen and oxygen atoms in total. The van der Waals surface area contributed by atoms with Crippen molar-refractivity contribution in [2.45, 2.75) is 57.9 Å². The van der Waals surface area contributed by atoms with Gasteiger partial charge in [-0.05, 0) is 56.7 Å². The Kier molecular flexibility index (Phi) is 6.30. The first-order valence-electron chi connectivity index (χ1n) is 10.0. The second-order valence-corrected chi connectivity index (χ2v) is 7.92. The van der Waals surface area contributed by atoms with Gasteiger partial charge in [0.15, 0.2) is 0 Å². The number of nitrogens with one attached hydrogen (secondary N) is 1. The van der Waals surface area contributed by atoms with Crippen molar-refractivity contribution < 1.29 is 9.59 Å². The number of carbonyl (C=O) groups is 2. The van der Waals surface area contributed by atoms with E-state index in [0.29, 0.717) is 17.2 Å². The molecule has 2 amide bonds. The Balaban J connectivity index is 1.64. The summed E-state index contributed by atoms with van der Waals surface area (Å²) in [5.74, 6) is 0.590. The van der Waals surface area contributed by atoms with Crippen molar-refractivity contribution >= 4 is 17.5 Å². The quantitative estimate of drug-likeness (QED) is 0.867. The average molecular weight is 357 g/mol. The molecule has 1 saturated carbocycles. The molecule has 1 aromatic carbocycles. The van der Waals surface area contributed by atoms with Gasteiger partial charge >= 0.3 is 0 Å². The lowest BCUT2D eigenvalue weighted by atomic mass is 9.88. The fraction of sp³-hybridized carbons (Fsp3) is 0.619. The highest BCUT2D eigenvalue weighted by molar-refractivity contribution is 5.97. The molecule has 142 valence electrons. The number of nitrogens with zero attached hydrogens (tertiary/aromatic N) is 1. The lowest BCUT2D eigenvalue weighted by Gasteiger charge is -2.34. The van der Waals surface area contributed by atoms with Gasteiger partial charge in [-0.15, -0.1) is 0 Å². The Morgan fingerprint density at radius 3 is 2.65 bits per heavy atom. The van der Waals surface area contributed by atoms with E-state index in [-0.39, 0.29) is 23.8 Å². The number of nitrogens with two attached hydrogens (primary N) is 1. The average Bonchev–Trinajstić information content (AvgIpc) is 2.68. The first kappa shape index (κ1) is 18.9. The molecule has 1 aliphatic carbocycles. The third kappa shape index (κ3) is 4.64. The normalized spacial score (nSPS) is 22.7. The monoisotopic (exact) mass is 357 g/mol. The summed E-state index contributed by atoms with van der Waals surface area (Å²) in [6.45, 7) is 3.51. The summed E-state index contributed by atoms with van der Waals surface area (Å²) in [6, 6.07) is 7.44. The van der Waals surface area contributed by atoms with Gasteiger partial charge in [0.2, 0.25) is 5.91 Å². The van der Waals surface area contributed by atoms with Crippen molar-refractivity contribution in [2.75, 3.05) is 18.4 Å². The van der Waals surface area contributed by atoms with Crippen LogP contribution < -0.4 is 11.1 Å². The van der Waals surface area contributed by atoms with Crippen LogP contribution in [0.1, 0.15) is 62.2 Å². The van der Waals surface area contributed by atoms with Crippen LogP contribution in [0.2, 0.25) is 0 Å². The number of amides is 2. The number of benzene rings is 1. The van der Waals surface area contributed by atoms with Crippen LogP contribution in [0.3, 0.4) is 0 Å². The standard InChI is InChI=1S/C21H31N3O2/c1-15(22)18-10-6-12-24(14-18)21(26)17-9-5-11-19(13-17)23-20(25)16-7-3-2-4-8-16/h5,9,11,13,15-16,18H,2-4,6-8,10,12,14,22H2,1H3,(H,23,25). The minimum Gasteiger partial charge on any atom is -0.338 e. The van der Waals surface area contributed by atoms with Gasteiger partial charge in [-0.3, -0.25) is 9.59 Å². The number of hydrogen-bond acceptors (Lipinski definition) is 3. The van der Waals surface area contributed by atoms with Crippen LogP contribution in [-0.2, 0) is 4.79 Å². The molecule has 2 aliphatic rings. The fourth-order valence-corrected chi connectivity index (χ4v) is 4.15. The predicted molar refractivity (Wildman–Crippen MR) is 104 cm³/mol. The Morgan fingerprint density at radius 2 is 1.92 bits per heavy atom. The highest BCUT2D eigenvalue weighted by atomic mass is 16.2. The van der Waals surface area contributed by atoms with Gasteiger partial charge in [0.05, 0.1) is 0 Å². The highest BCUT2D eigenvalue weighted by Crippen LogP contribution is 2.26. The predicted octanol–water partition coefficient (Wildman–Crippen LogP) is 3.40. The van der Waals surface area contributed by atoms with Crippen molar-refractivity contribution in [3.63, 3.8) is 0 Å². The number of piperidine rings is 1. The zero-order chi connectivity index (χ0) is 18.5. The van der Waals surface area contributed by atoms with Gasteiger partial charge < -0.3 is 16.0 Å². The van der Waals surface area contributed by atoms with Gasteiger partial charge in [-0.2, -0.15) is 0 Å². The summed E-state index contributed by atoms with van der Waals surface area (Å²) in [6.07, 6.45) is 7.51. The molecule has 5 heteroatoms. The van der Waals surface area contributed by atoms with E-state index in [1.807, 2.05) is 30.0 Å². The topological polar surface area (TPSA) is 75.4 Å². The second-order valence-electron chi connectivity index (χ2n) is 7.92. The van der Waals surface area contributed by atoms with Gasteiger partial charge in [0.25, 0.3) is 5.91 Å². The molecular weight excluding hydrogens is 326 g/mol. The second kappa shape index (κ2) is 8.67. The van der Waals surface area contributed by atoms with Gasteiger partial charge in [-0.1, -0.05) is 25.3 Å². The first-order valence-corrected chi connectivity index (χ1v) is 10.0. The van der Waals surface area contributed by atoms with Gasteiger partial charge in [0.1, 0.15) is 0 Å². The molecule has 0 radical (unpaired) electrons. The zero-order valence-electron chi connectivity index (χ0n) is 15.7. The number of anilines is 1. The minimum absolute atomic E-state index is 0.0316. The van der Waals surface area contributed by atoms with Crippen LogP contribution in [0.5, 0.6) is 0 Å². The van der Waals surface area contributed by atoms with Crippen molar-refractivity contribution in [3.8, 4) is 0 Å². The lowest BCUT2D eigenvalue weighted by molar-refractivity contribution is -0.120. The van der Waals surface area contributed by atoms with E-state index in [4.69, 9.17) is 5.73 Å². The molecule has 2 unspecified atom stereocenters. The maximum atomic E-state index is 12.9. The number of carbonyl (C=O) groups excluding carboxylic acids is 2. The summed E-state index contributed by atoms with van der Waals surface area (Å²) in [5.41, 5.74) is 7.38. The Morgan fingerprint density at radius 1 is 1.15 bits per heavy atom. The third-order valence-electron chi connectivity index (χ3n) is 5.84. The molecular formula is C21H31N3O2. The summed E-state index contributed by atoms with van der Waals surface area (Å²) in [5, 5.41) is 3.01. The first-order chi connectivity index (χ1) is 12.5. The maximum absolute atomic E-state index is 12.9. The van der Waals surface area contributed by atoms with Crippen LogP contribution in [0.25, 0.3) is 0 Å². The van der Waals surface area contributed by atoms with E-state index in [9.17, 15) is 9.59 Å². The molecule has 3 N–H and O–H groups in total. The van der Waals surface area contributed by atoms with Crippen LogP contribution in [0.4, 0.5) is 5.69 Å². The van der Waals surface area contributed by atoms with E-state index in [1.54, 1.807) is 6.07 Å². The highest BCUT2D eigenvalue weighted by Gasteiger charge is 2.27. The van der Waals surface area contributed by atoms with Crippen molar-refractivity contribution in [1.82, 2.24) is 4.90 Å². The summed E-state index contributed by atoms with van der Waals surface area (Å²) >= 11 is 0. The SMILES string of the molecule is CC(N)C1CCCN(C(=O)c2cccc(NC(=O)C3CCCCC3)c2)C1. The summed E-state index contributed by atoms with van der Waals surface area (Å²) in [4.78, 5) is 27.2. The minimum atomic E-state index is 0.0316. The summed E-state index contributed by atoms with van der Waals surface area (Å²) in [7, 11) is 0. The van der Waals surface area contributed by atoms with Crippen LogP contribution in [0, 0.1) is 11.8 Å². The van der Waals surface area contributed by atoms with Crippen LogP contribution in [-0.4, -0.2) is 35.8 Å². The van der Waals surface area contributed by atoms with Crippen molar-refractivity contribution in [2.24, 2.45) is 17.6 Å². The molecule has 26 heavy (non-hydrogen) atoms. The molecule has 1 aliphatic heterocycles. The van der Waals surface area contributed by atoms with Crippen molar-refractivity contribution in [1.29, 1.82) is 0 Å². The number of rotatable bonds is 4. The van der Waals surface area contributed by atoms with Gasteiger partial charge in [-0.25, -0.2) is 0 Å². The van der Waals surface area contributed by atoms with Crippen molar-refractivity contribution in [3.05, 3.63) is 29.8 Å². The Bertz CT molecular complexity index is 638. The van der Waals surface area contributed by atoms with E-state index >= 15 is 0 Å². The molecule has 0 aromatic heterocycles. The molecule has 1 saturated heterocycles. The molecule has 0 bridgehead atoms. The molecule has 0 spiro atoms. The number of hydrogen-bond donors (Lipinski definition) is 2. The smallest absolute Gasteiger partial charge is 0.253 e. The molecule has 2 atom stereocenters. The fourth-order valence-electron chi connectivity index (χ4n) is 4.15. The summed E-state index contributed by atoms with van der Waals surface area (Å²) < 4.78 is 0. The van der Waals surface area contributed by atoms with E-state index in [1.165, 1.54) is 6.42 Å². The molecule has 1 heterocycles. The largest absolute Gasteiger partial charge is 0.338 e. The van der Waals surface area contributed by atoms with Crippen LogP contribution in [0.15, 0.2) is 24.3 Å². The number of likely N-dealkylation sites (tertiary alicyclic amines) is 1. The third-order valence-corrected chi connectivity index (χ3v) is 5.84. The molecule has 1 aromatic rings. The van der Waals surface area contributed by atoms with Crippen LogP contribution >= 0.6 is 0 Å². The van der Waals surface area contributed by atoms with E-state index in [2.05, 4.69) is 5.32 Å². The van der Waals surface area contributed by atoms with E-state index < -0.39 is 0 Å².